The summed E-state index contributed by atoms with van der Waals surface area (Å²) in [6.07, 6.45) is 1.81. The molecule has 0 saturated carbocycles. The van der Waals surface area contributed by atoms with Gasteiger partial charge >= 0.3 is 14.9 Å². The second-order valence-corrected chi connectivity index (χ2v) is 14.7. The Morgan fingerprint density at radius 3 is 1.54 bits per heavy atom. The van der Waals surface area contributed by atoms with E-state index in [0.29, 0.717) is 64.5 Å². The number of benzene rings is 2. The van der Waals surface area contributed by atoms with Crippen LogP contribution in [0.3, 0.4) is 0 Å². The normalized spacial score (nSPS) is 13.9. The van der Waals surface area contributed by atoms with Crippen LogP contribution in [0.4, 0.5) is 39.9 Å². The van der Waals surface area contributed by atoms with E-state index in [1.807, 2.05) is 20.8 Å². The highest BCUT2D eigenvalue weighted by Crippen LogP contribution is 2.42. The number of unbranched alkanes of at least 4 members (excludes halogenated alkanes) is 3. The van der Waals surface area contributed by atoms with E-state index in [1.54, 1.807) is 6.92 Å². The number of carbonyl (C=O) groups is 1. The Morgan fingerprint density at radius 1 is 0.654 bits per heavy atom. The molecule has 0 bridgehead atoms. The SMILES string of the molecule is CCO[Si](CCCNC(=O)OCCCCCCOc1c(F)c(F)c(-c2c(F)c(F)c(OCC3(CC)COC3)c(F)c2F)c(F)c1F)(OCC)OCC. The van der Waals surface area contributed by atoms with Gasteiger partial charge in [0.25, 0.3) is 0 Å². The van der Waals surface area contributed by atoms with E-state index in [2.05, 4.69) is 5.32 Å². The number of alkyl carbamates (subject to hydrolysis) is 1. The van der Waals surface area contributed by atoms with Crippen LogP contribution in [0.5, 0.6) is 11.5 Å². The summed E-state index contributed by atoms with van der Waals surface area (Å²) in [5.74, 6) is -20.9. The average molecular weight is 776 g/mol. The first kappa shape index (κ1) is 43.2. The van der Waals surface area contributed by atoms with Crippen LogP contribution in [-0.4, -0.2) is 74.3 Å². The molecule has 0 atom stereocenters. The first-order valence-corrected chi connectivity index (χ1v) is 19.1. The molecule has 52 heavy (non-hydrogen) atoms. The third kappa shape index (κ3) is 10.5. The zero-order valence-corrected chi connectivity index (χ0v) is 30.6. The third-order valence-corrected chi connectivity index (χ3v) is 11.5. The maximum atomic E-state index is 15.0. The maximum absolute atomic E-state index is 15.0. The highest BCUT2D eigenvalue weighted by atomic mass is 28.4. The van der Waals surface area contributed by atoms with Crippen molar-refractivity contribution in [2.75, 3.05) is 59.4 Å². The summed E-state index contributed by atoms with van der Waals surface area (Å²) in [7, 11) is -2.82. The number of hydrogen-bond acceptors (Lipinski definition) is 8. The number of amides is 1. The van der Waals surface area contributed by atoms with Crippen LogP contribution in [0, 0.1) is 52.0 Å². The van der Waals surface area contributed by atoms with Gasteiger partial charge in [0.2, 0.25) is 23.3 Å². The van der Waals surface area contributed by atoms with Crippen LogP contribution >= 0.6 is 0 Å². The van der Waals surface area contributed by atoms with E-state index < -0.39 is 96.1 Å². The number of rotatable bonds is 23. The van der Waals surface area contributed by atoms with Crippen LogP contribution in [0.1, 0.15) is 66.2 Å². The van der Waals surface area contributed by atoms with E-state index >= 15 is 0 Å². The van der Waals surface area contributed by atoms with E-state index in [9.17, 15) is 39.9 Å². The molecule has 0 unspecified atom stereocenters. The molecule has 1 N–H and O–H groups in total. The van der Waals surface area contributed by atoms with Crippen LogP contribution in [0.25, 0.3) is 11.1 Å². The van der Waals surface area contributed by atoms with Crippen molar-refractivity contribution in [1.29, 1.82) is 0 Å². The van der Waals surface area contributed by atoms with Gasteiger partial charge in [0.1, 0.15) is 0 Å². The lowest BCUT2D eigenvalue weighted by Gasteiger charge is -2.40. The number of hydrogen-bond donors (Lipinski definition) is 1. The van der Waals surface area contributed by atoms with Gasteiger partial charge in [0, 0.05) is 32.4 Å². The molecule has 0 radical (unpaired) electrons. The number of ether oxygens (including phenoxy) is 4. The molecular weight excluding hydrogens is 730 g/mol. The predicted molar refractivity (Wildman–Crippen MR) is 174 cm³/mol. The molecule has 1 amide bonds. The Kier molecular flexibility index (Phi) is 16.9. The van der Waals surface area contributed by atoms with E-state index in [4.69, 9.17) is 32.2 Å². The highest BCUT2D eigenvalue weighted by Gasteiger charge is 2.41. The fourth-order valence-electron chi connectivity index (χ4n) is 5.37. The number of carbonyl (C=O) groups excluding carboxylic acids is 1. The summed E-state index contributed by atoms with van der Waals surface area (Å²) in [5.41, 5.74) is -4.66. The molecule has 0 spiro atoms. The summed E-state index contributed by atoms with van der Waals surface area (Å²) in [6, 6.07) is 0.513. The van der Waals surface area contributed by atoms with Gasteiger partial charge in [-0.2, -0.15) is 17.6 Å². The van der Waals surface area contributed by atoms with Crippen LogP contribution in [0.15, 0.2) is 0 Å². The number of nitrogens with one attached hydrogen (secondary N) is 1. The fraction of sp³-hybridized carbons (Fsp3) is 0.618. The minimum absolute atomic E-state index is 0.0687. The van der Waals surface area contributed by atoms with Gasteiger partial charge in [-0.05, 0) is 59.3 Å². The smallest absolute Gasteiger partial charge is 0.487 e. The second-order valence-electron chi connectivity index (χ2n) is 12.0. The van der Waals surface area contributed by atoms with Crippen molar-refractivity contribution < 1.29 is 72.1 Å². The van der Waals surface area contributed by atoms with Gasteiger partial charge in [0.05, 0.1) is 49.6 Å². The topological polar surface area (TPSA) is 93.7 Å². The van der Waals surface area contributed by atoms with Crippen molar-refractivity contribution in [3.63, 3.8) is 0 Å². The molecule has 2 aromatic rings. The van der Waals surface area contributed by atoms with Gasteiger partial charge in [-0.3, -0.25) is 0 Å². The predicted octanol–water partition coefficient (Wildman–Crippen LogP) is 8.38. The Hall–Kier alpha value is -3.19. The molecule has 0 aromatic heterocycles. The van der Waals surface area contributed by atoms with Crippen molar-refractivity contribution in [3.8, 4) is 22.6 Å². The molecular formula is C34H45F8NO8Si. The molecule has 18 heteroatoms. The van der Waals surface area contributed by atoms with E-state index in [-0.39, 0.29) is 32.8 Å². The standard InChI is InChI=1S/C34H45F8NO8Si/c1-5-34(18-45-19-34)20-48-32-29(41)25(37)22(26(38)30(32)42)21-23(35)27(39)31(28(40)24(21)36)46-15-11-9-10-12-16-47-33(44)43-14-13-17-52(49-6-2,50-7-3)51-8-4/h5-20H2,1-4H3,(H,43,44). The molecule has 1 aliphatic heterocycles. The largest absolute Gasteiger partial charge is 0.500 e. The molecule has 1 aliphatic rings. The molecule has 1 fully saturated rings. The lowest BCUT2D eigenvalue weighted by atomic mass is 9.84. The lowest BCUT2D eigenvalue weighted by molar-refractivity contribution is -0.134. The van der Waals surface area contributed by atoms with Crippen molar-refractivity contribution in [1.82, 2.24) is 5.32 Å². The number of halogens is 8. The van der Waals surface area contributed by atoms with Crippen molar-refractivity contribution in [3.05, 3.63) is 46.5 Å². The van der Waals surface area contributed by atoms with E-state index in [0.717, 1.165) is 0 Å². The van der Waals surface area contributed by atoms with Gasteiger partial charge in [-0.25, -0.2) is 22.4 Å². The molecule has 0 aliphatic carbocycles. The average Bonchev–Trinajstić information content (AvgIpc) is 3.10. The van der Waals surface area contributed by atoms with Gasteiger partial charge in [-0.15, -0.1) is 0 Å². The molecule has 3 rings (SSSR count). The Morgan fingerprint density at radius 2 is 1.12 bits per heavy atom. The third-order valence-electron chi connectivity index (χ3n) is 8.33. The van der Waals surface area contributed by atoms with Gasteiger partial charge < -0.3 is 37.5 Å². The summed E-state index contributed by atoms with van der Waals surface area (Å²) in [5, 5.41) is 2.63. The zero-order valence-electron chi connectivity index (χ0n) is 29.6. The van der Waals surface area contributed by atoms with Gasteiger partial charge in [-0.1, -0.05) is 6.92 Å². The van der Waals surface area contributed by atoms with Crippen molar-refractivity contribution in [2.24, 2.45) is 5.41 Å². The van der Waals surface area contributed by atoms with Crippen LogP contribution in [0.2, 0.25) is 6.04 Å². The molecule has 9 nitrogen and oxygen atoms in total. The van der Waals surface area contributed by atoms with Crippen molar-refractivity contribution in [2.45, 2.75) is 72.3 Å². The summed E-state index contributed by atoms with van der Waals surface area (Å²) >= 11 is 0. The zero-order chi connectivity index (χ0) is 38.5. The quantitative estimate of drug-likeness (QED) is 0.0521. The van der Waals surface area contributed by atoms with Gasteiger partial charge in [0.15, 0.2) is 34.8 Å². The van der Waals surface area contributed by atoms with Crippen LogP contribution < -0.4 is 14.8 Å². The molecule has 1 heterocycles. The first-order valence-electron chi connectivity index (χ1n) is 17.2. The Balaban J connectivity index is 1.49. The second kappa shape index (κ2) is 20.3. The summed E-state index contributed by atoms with van der Waals surface area (Å²) in [6.45, 7) is 8.48. The summed E-state index contributed by atoms with van der Waals surface area (Å²) in [4.78, 5) is 12.0. The molecule has 1 saturated heterocycles. The lowest BCUT2D eigenvalue weighted by Crippen LogP contribution is -2.46. The maximum Gasteiger partial charge on any atom is 0.500 e. The molecule has 294 valence electrons. The highest BCUT2D eigenvalue weighted by molar-refractivity contribution is 6.60. The van der Waals surface area contributed by atoms with E-state index in [1.165, 1.54) is 0 Å². The first-order chi connectivity index (χ1) is 24.8. The Bertz CT molecular complexity index is 1420. The minimum Gasteiger partial charge on any atom is -0.487 e. The minimum atomic E-state index is -2.82. The molecule has 2 aromatic carbocycles. The van der Waals surface area contributed by atoms with Crippen LogP contribution in [-0.2, 0) is 22.8 Å². The monoisotopic (exact) mass is 775 g/mol. The fourth-order valence-corrected chi connectivity index (χ4v) is 7.98. The van der Waals surface area contributed by atoms with Crippen molar-refractivity contribution >= 4 is 14.9 Å². The Labute approximate surface area is 298 Å². The summed E-state index contributed by atoms with van der Waals surface area (Å²) < 4.78 is 157.